The summed E-state index contributed by atoms with van der Waals surface area (Å²) in [5, 5.41) is 15.8. The Balaban J connectivity index is 1.67. The molecular weight excluding hydrogens is 344 g/mol. The van der Waals surface area contributed by atoms with Crippen LogP contribution >= 0.6 is 0 Å². The Morgan fingerprint density at radius 1 is 1.11 bits per heavy atom. The van der Waals surface area contributed by atoms with Crippen molar-refractivity contribution < 1.29 is 14.5 Å². The van der Waals surface area contributed by atoms with Gasteiger partial charge in [0.1, 0.15) is 5.75 Å². The summed E-state index contributed by atoms with van der Waals surface area (Å²) < 4.78 is 5.56. The minimum atomic E-state index is -0.469. The zero-order valence-electron chi connectivity index (χ0n) is 14.6. The number of carbonyl (C=O) groups excluding carboxylic acids is 1. The first-order valence-corrected chi connectivity index (χ1v) is 8.36. The minimum absolute atomic E-state index is 0.0279. The number of carbonyl (C=O) groups is 1. The highest BCUT2D eigenvalue weighted by Gasteiger charge is 2.12. The maximum absolute atomic E-state index is 12.2. The Hall–Kier alpha value is -3.67. The third-order valence-corrected chi connectivity index (χ3v) is 4.01. The van der Waals surface area contributed by atoms with Crippen molar-refractivity contribution in [1.29, 1.82) is 0 Å². The molecule has 0 saturated heterocycles. The molecule has 0 heterocycles. The standard InChI is InChI=1S/C21H18N2O4/c1-2-5-17-13-19(23(25)26)10-11-20(17)27-14-21(24)22-18-9-8-15-6-3-4-7-16(15)12-18/h2-4,6-13H,1,5,14H2,(H,22,24). The topological polar surface area (TPSA) is 81.5 Å². The van der Waals surface area contributed by atoms with Crippen molar-refractivity contribution in [3.8, 4) is 5.75 Å². The van der Waals surface area contributed by atoms with Crippen LogP contribution < -0.4 is 10.1 Å². The lowest BCUT2D eigenvalue weighted by atomic mass is 10.1. The van der Waals surface area contributed by atoms with Crippen LogP contribution in [0.25, 0.3) is 10.8 Å². The molecule has 3 rings (SSSR count). The Morgan fingerprint density at radius 3 is 2.63 bits per heavy atom. The van der Waals surface area contributed by atoms with Crippen LogP contribution in [0.3, 0.4) is 0 Å². The van der Waals surface area contributed by atoms with Gasteiger partial charge in [0.05, 0.1) is 4.92 Å². The van der Waals surface area contributed by atoms with Gasteiger partial charge in [0.15, 0.2) is 6.61 Å². The lowest BCUT2D eigenvalue weighted by Gasteiger charge is -2.11. The lowest BCUT2D eigenvalue weighted by molar-refractivity contribution is -0.384. The summed E-state index contributed by atoms with van der Waals surface area (Å²) in [6.45, 7) is 3.44. The fourth-order valence-corrected chi connectivity index (χ4v) is 2.74. The summed E-state index contributed by atoms with van der Waals surface area (Å²) >= 11 is 0. The van der Waals surface area contributed by atoms with E-state index in [2.05, 4.69) is 11.9 Å². The number of benzene rings is 3. The fraction of sp³-hybridized carbons (Fsp3) is 0.0952. The number of nitrogens with one attached hydrogen (secondary N) is 1. The Labute approximate surface area is 156 Å². The van der Waals surface area contributed by atoms with Gasteiger partial charge in [-0.25, -0.2) is 0 Å². The van der Waals surface area contributed by atoms with Crippen molar-refractivity contribution in [2.75, 3.05) is 11.9 Å². The second kappa shape index (κ2) is 8.14. The molecule has 0 aliphatic heterocycles. The zero-order chi connectivity index (χ0) is 19.2. The zero-order valence-corrected chi connectivity index (χ0v) is 14.6. The predicted molar refractivity (Wildman–Crippen MR) is 105 cm³/mol. The van der Waals surface area contributed by atoms with E-state index in [-0.39, 0.29) is 18.2 Å². The van der Waals surface area contributed by atoms with Crippen LogP contribution in [0.5, 0.6) is 5.75 Å². The predicted octanol–water partition coefficient (Wildman–Crippen LogP) is 4.49. The van der Waals surface area contributed by atoms with Gasteiger partial charge < -0.3 is 10.1 Å². The minimum Gasteiger partial charge on any atom is -0.483 e. The monoisotopic (exact) mass is 362 g/mol. The summed E-state index contributed by atoms with van der Waals surface area (Å²) in [4.78, 5) is 22.6. The second-order valence-electron chi connectivity index (χ2n) is 5.94. The number of non-ortho nitro benzene ring substituents is 1. The molecule has 3 aromatic carbocycles. The van der Waals surface area contributed by atoms with Gasteiger partial charge >= 0.3 is 0 Å². The van der Waals surface area contributed by atoms with Gasteiger partial charge in [-0.3, -0.25) is 14.9 Å². The van der Waals surface area contributed by atoms with Gasteiger partial charge in [-0.15, -0.1) is 6.58 Å². The normalized spacial score (nSPS) is 10.4. The van der Waals surface area contributed by atoms with Gasteiger partial charge in [-0.1, -0.05) is 36.4 Å². The fourth-order valence-electron chi connectivity index (χ4n) is 2.74. The summed E-state index contributed by atoms with van der Waals surface area (Å²) in [5.74, 6) is 0.113. The third-order valence-electron chi connectivity index (χ3n) is 4.01. The van der Waals surface area contributed by atoms with E-state index in [1.807, 2.05) is 42.5 Å². The molecule has 27 heavy (non-hydrogen) atoms. The van der Waals surface area contributed by atoms with Crippen molar-refractivity contribution in [3.63, 3.8) is 0 Å². The highest BCUT2D eigenvalue weighted by atomic mass is 16.6. The van der Waals surface area contributed by atoms with Gasteiger partial charge in [0, 0.05) is 23.4 Å². The smallest absolute Gasteiger partial charge is 0.269 e. The molecule has 0 saturated carbocycles. The number of anilines is 1. The number of hydrogen-bond acceptors (Lipinski definition) is 4. The van der Waals surface area contributed by atoms with Crippen LogP contribution in [0.2, 0.25) is 0 Å². The number of fused-ring (bicyclic) bond motifs is 1. The number of hydrogen-bond donors (Lipinski definition) is 1. The quantitative estimate of drug-likeness (QED) is 0.381. The molecule has 1 N–H and O–H groups in total. The van der Waals surface area contributed by atoms with E-state index < -0.39 is 4.92 Å². The van der Waals surface area contributed by atoms with Crippen molar-refractivity contribution in [1.82, 2.24) is 0 Å². The molecule has 3 aromatic rings. The van der Waals surface area contributed by atoms with Crippen LogP contribution in [-0.4, -0.2) is 17.4 Å². The lowest BCUT2D eigenvalue weighted by Crippen LogP contribution is -2.20. The Morgan fingerprint density at radius 2 is 1.89 bits per heavy atom. The Bertz CT molecular complexity index is 1010. The van der Waals surface area contributed by atoms with Gasteiger partial charge in [0.2, 0.25) is 0 Å². The maximum Gasteiger partial charge on any atom is 0.269 e. The number of nitrogens with zero attached hydrogens (tertiary/aromatic N) is 1. The van der Waals surface area contributed by atoms with Crippen molar-refractivity contribution in [3.05, 3.63) is 89.0 Å². The average molecular weight is 362 g/mol. The van der Waals surface area contributed by atoms with Crippen LogP contribution in [0, 0.1) is 10.1 Å². The summed E-state index contributed by atoms with van der Waals surface area (Å²) in [5.41, 5.74) is 1.26. The van der Waals surface area contributed by atoms with Crippen molar-refractivity contribution >= 4 is 28.1 Å². The summed E-state index contributed by atoms with van der Waals surface area (Å²) in [7, 11) is 0. The molecule has 0 fully saturated rings. The molecule has 0 aliphatic carbocycles. The molecule has 6 heteroatoms. The first kappa shape index (κ1) is 18.1. The SMILES string of the molecule is C=CCc1cc([N+](=O)[O-])ccc1OCC(=O)Nc1ccc2ccccc2c1. The van der Waals surface area contributed by atoms with Crippen LogP contribution in [-0.2, 0) is 11.2 Å². The molecule has 1 amide bonds. The second-order valence-corrected chi connectivity index (χ2v) is 5.94. The number of ether oxygens (including phenoxy) is 1. The highest BCUT2D eigenvalue weighted by molar-refractivity contribution is 5.95. The van der Waals surface area contributed by atoms with Crippen LogP contribution in [0.15, 0.2) is 73.3 Å². The first-order chi connectivity index (χ1) is 13.1. The average Bonchev–Trinajstić information content (AvgIpc) is 2.67. The molecule has 0 bridgehead atoms. The van der Waals surface area contributed by atoms with Gasteiger partial charge in [-0.05, 0) is 35.4 Å². The van der Waals surface area contributed by atoms with E-state index in [0.717, 1.165) is 10.8 Å². The van der Waals surface area contributed by atoms with E-state index in [1.54, 1.807) is 6.08 Å². The molecular formula is C21H18N2O4. The Kier molecular flexibility index (Phi) is 5.47. The van der Waals surface area contributed by atoms with E-state index in [4.69, 9.17) is 4.74 Å². The van der Waals surface area contributed by atoms with E-state index in [9.17, 15) is 14.9 Å². The summed E-state index contributed by atoms with van der Waals surface area (Å²) in [6, 6.07) is 17.8. The molecule has 0 radical (unpaired) electrons. The molecule has 0 aliphatic rings. The number of allylic oxidation sites excluding steroid dienone is 1. The van der Waals surface area contributed by atoms with Crippen LogP contribution in [0.1, 0.15) is 5.56 Å². The molecule has 0 atom stereocenters. The van der Waals surface area contributed by atoms with Crippen molar-refractivity contribution in [2.24, 2.45) is 0 Å². The molecule has 6 nitrogen and oxygen atoms in total. The van der Waals surface area contributed by atoms with Gasteiger partial charge in [0.25, 0.3) is 11.6 Å². The van der Waals surface area contributed by atoms with E-state index >= 15 is 0 Å². The van der Waals surface area contributed by atoms with Gasteiger partial charge in [-0.2, -0.15) is 0 Å². The number of nitro benzene ring substituents is 1. The molecule has 136 valence electrons. The first-order valence-electron chi connectivity index (χ1n) is 8.36. The molecule has 0 aromatic heterocycles. The highest BCUT2D eigenvalue weighted by Crippen LogP contribution is 2.25. The number of rotatable bonds is 7. The van der Waals surface area contributed by atoms with E-state index in [0.29, 0.717) is 23.4 Å². The third kappa shape index (κ3) is 4.49. The van der Waals surface area contributed by atoms with Crippen LogP contribution in [0.4, 0.5) is 11.4 Å². The van der Waals surface area contributed by atoms with E-state index in [1.165, 1.54) is 18.2 Å². The molecule has 0 unspecified atom stereocenters. The number of amides is 1. The maximum atomic E-state index is 12.2. The van der Waals surface area contributed by atoms with Crippen molar-refractivity contribution in [2.45, 2.75) is 6.42 Å². The largest absolute Gasteiger partial charge is 0.483 e. The molecule has 0 spiro atoms. The summed E-state index contributed by atoms with van der Waals surface area (Å²) in [6.07, 6.45) is 2.03. The number of nitro groups is 1.